The third-order valence-electron chi connectivity index (χ3n) is 2.83. The number of non-ortho nitro benzene ring substituents is 1. The van der Waals surface area contributed by atoms with Crippen LogP contribution in [0.1, 0.15) is 12.5 Å². The number of amidine groups is 1. The van der Waals surface area contributed by atoms with E-state index in [1.54, 1.807) is 30.3 Å². The van der Waals surface area contributed by atoms with Gasteiger partial charge in [-0.2, -0.15) is 0 Å². The summed E-state index contributed by atoms with van der Waals surface area (Å²) in [5.74, 6) is 0.0193. The Hall–Kier alpha value is -2.49. The van der Waals surface area contributed by atoms with Gasteiger partial charge < -0.3 is 11.1 Å². The van der Waals surface area contributed by atoms with Gasteiger partial charge in [-0.3, -0.25) is 14.9 Å². The number of benzene rings is 2. The minimum Gasteiger partial charge on any atom is -0.383 e. The zero-order valence-corrected chi connectivity index (χ0v) is 14.3. The maximum atomic E-state index is 11.0. The third kappa shape index (κ3) is 4.74. The van der Waals surface area contributed by atoms with Crippen molar-refractivity contribution in [3.8, 4) is 0 Å². The normalized spacial score (nSPS) is 11.1. The Labute approximate surface area is 145 Å². The van der Waals surface area contributed by atoms with E-state index < -0.39 is 4.92 Å². The van der Waals surface area contributed by atoms with Gasteiger partial charge in [-0.25, -0.2) is 4.99 Å². The summed E-state index contributed by atoms with van der Waals surface area (Å²) < 4.78 is 0.700. The number of nitrogens with two attached hydrogens (primary N) is 1. The molecule has 2 aromatic carbocycles. The fraction of sp³-hybridized carbons (Fsp3) is 0.0667. The lowest BCUT2D eigenvalue weighted by Crippen LogP contribution is -2.13. The van der Waals surface area contributed by atoms with Crippen molar-refractivity contribution in [3.63, 3.8) is 0 Å². The van der Waals surface area contributed by atoms with E-state index in [2.05, 4.69) is 10.3 Å². The molecule has 0 bridgehead atoms. The number of nitrogens with one attached hydrogen (secondary N) is 1. The Morgan fingerprint density at radius 3 is 2.48 bits per heavy atom. The highest BCUT2D eigenvalue weighted by atomic mass is 127. The van der Waals surface area contributed by atoms with Gasteiger partial charge in [0.15, 0.2) is 0 Å². The van der Waals surface area contributed by atoms with Crippen LogP contribution in [-0.2, 0) is 4.79 Å². The minimum atomic E-state index is -0.471. The molecule has 0 radical (unpaired) electrons. The van der Waals surface area contributed by atoms with Crippen molar-refractivity contribution in [2.24, 2.45) is 10.7 Å². The Bertz CT molecular complexity index is 788. The molecule has 118 valence electrons. The fourth-order valence-corrected chi connectivity index (χ4v) is 2.51. The van der Waals surface area contributed by atoms with Gasteiger partial charge >= 0.3 is 0 Å². The van der Waals surface area contributed by atoms with Crippen LogP contribution in [0.25, 0.3) is 0 Å². The maximum Gasteiger partial charge on any atom is 0.271 e. The lowest BCUT2D eigenvalue weighted by molar-refractivity contribution is -0.385. The van der Waals surface area contributed by atoms with Crippen LogP contribution in [0, 0.1) is 13.7 Å². The summed E-state index contributed by atoms with van der Waals surface area (Å²) >= 11 is 1.99. The fourth-order valence-electron chi connectivity index (χ4n) is 1.85. The summed E-state index contributed by atoms with van der Waals surface area (Å²) in [6.07, 6.45) is 0. The number of halogens is 1. The number of amides is 1. The van der Waals surface area contributed by atoms with E-state index >= 15 is 0 Å². The summed E-state index contributed by atoms with van der Waals surface area (Å²) in [5.41, 5.74) is 7.62. The Morgan fingerprint density at radius 1 is 1.26 bits per heavy atom. The molecule has 0 aliphatic rings. The maximum absolute atomic E-state index is 11.0. The molecule has 2 rings (SSSR count). The first-order valence-electron chi connectivity index (χ1n) is 6.52. The number of hydrogen-bond acceptors (Lipinski definition) is 4. The highest BCUT2D eigenvalue weighted by Gasteiger charge is 2.11. The number of nitrogens with zero attached hydrogens (tertiary/aromatic N) is 2. The summed E-state index contributed by atoms with van der Waals surface area (Å²) in [7, 11) is 0. The molecular formula is C15H13IN4O3. The quantitative estimate of drug-likeness (QED) is 0.258. The highest BCUT2D eigenvalue weighted by Crippen LogP contribution is 2.21. The van der Waals surface area contributed by atoms with Gasteiger partial charge in [0.05, 0.1) is 10.6 Å². The molecule has 0 aliphatic carbocycles. The Balaban J connectivity index is 2.29. The van der Waals surface area contributed by atoms with E-state index in [-0.39, 0.29) is 17.4 Å². The third-order valence-corrected chi connectivity index (χ3v) is 3.45. The second-order valence-electron chi connectivity index (χ2n) is 4.68. The van der Waals surface area contributed by atoms with Gasteiger partial charge in [0.2, 0.25) is 5.91 Å². The van der Waals surface area contributed by atoms with Crippen molar-refractivity contribution in [2.45, 2.75) is 6.92 Å². The second kappa shape index (κ2) is 7.18. The van der Waals surface area contributed by atoms with E-state index in [4.69, 9.17) is 5.73 Å². The SMILES string of the molecule is CC(=O)Nc1ccc(N=C(N)c2cc(I)cc([N+](=O)[O-])c2)cc1. The van der Waals surface area contributed by atoms with Gasteiger partial charge in [0.25, 0.3) is 5.69 Å². The molecule has 0 atom stereocenters. The molecule has 0 aromatic heterocycles. The Morgan fingerprint density at radius 2 is 1.91 bits per heavy atom. The van der Waals surface area contributed by atoms with Crippen LogP contribution in [0.15, 0.2) is 47.5 Å². The largest absolute Gasteiger partial charge is 0.383 e. The molecule has 0 saturated carbocycles. The molecule has 0 saturated heterocycles. The van der Waals surface area contributed by atoms with Gasteiger partial charge in [-0.05, 0) is 52.9 Å². The highest BCUT2D eigenvalue weighted by molar-refractivity contribution is 14.1. The van der Waals surface area contributed by atoms with Gasteiger partial charge in [0, 0.05) is 33.9 Å². The number of hydrogen-bond donors (Lipinski definition) is 2. The zero-order chi connectivity index (χ0) is 17.0. The molecule has 0 spiro atoms. The van der Waals surface area contributed by atoms with E-state index in [1.165, 1.54) is 19.1 Å². The lowest BCUT2D eigenvalue weighted by Gasteiger charge is -2.04. The number of nitro benzene ring substituents is 1. The first kappa shape index (κ1) is 16.9. The molecule has 23 heavy (non-hydrogen) atoms. The number of anilines is 1. The molecule has 2 aromatic rings. The number of carbonyl (C=O) groups is 1. The van der Waals surface area contributed by atoms with E-state index in [9.17, 15) is 14.9 Å². The average molecular weight is 424 g/mol. The summed E-state index contributed by atoms with van der Waals surface area (Å²) in [4.78, 5) is 25.6. The van der Waals surface area contributed by atoms with Crippen LogP contribution in [0.4, 0.5) is 17.1 Å². The molecule has 0 fully saturated rings. The molecule has 3 N–H and O–H groups in total. The van der Waals surface area contributed by atoms with Crippen molar-refractivity contribution >= 4 is 51.4 Å². The minimum absolute atomic E-state index is 0.0361. The van der Waals surface area contributed by atoms with Crippen LogP contribution < -0.4 is 11.1 Å². The van der Waals surface area contributed by atoms with Gasteiger partial charge in [-0.1, -0.05) is 0 Å². The first-order valence-corrected chi connectivity index (χ1v) is 7.60. The van der Waals surface area contributed by atoms with Gasteiger partial charge in [0.1, 0.15) is 5.84 Å². The predicted molar refractivity (Wildman–Crippen MR) is 96.9 cm³/mol. The molecule has 0 heterocycles. The van der Waals surface area contributed by atoms with Crippen LogP contribution in [0.5, 0.6) is 0 Å². The molecular weight excluding hydrogens is 411 g/mol. The van der Waals surface area contributed by atoms with Crippen LogP contribution >= 0.6 is 22.6 Å². The van der Waals surface area contributed by atoms with Gasteiger partial charge in [-0.15, -0.1) is 0 Å². The van der Waals surface area contributed by atoms with E-state index in [1.807, 2.05) is 22.6 Å². The van der Waals surface area contributed by atoms with Crippen LogP contribution in [-0.4, -0.2) is 16.7 Å². The molecule has 7 nitrogen and oxygen atoms in total. The summed E-state index contributed by atoms with van der Waals surface area (Å²) in [6.45, 7) is 1.42. The predicted octanol–water partition coefficient (Wildman–Crippen LogP) is 3.19. The van der Waals surface area contributed by atoms with Crippen molar-refractivity contribution in [3.05, 3.63) is 61.7 Å². The molecule has 0 unspecified atom stereocenters. The smallest absolute Gasteiger partial charge is 0.271 e. The zero-order valence-electron chi connectivity index (χ0n) is 12.1. The van der Waals surface area contributed by atoms with Crippen molar-refractivity contribution in [1.29, 1.82) is 0 Å². The van der Waals surface area contributed by atoms with Crippen molar-refractivity contribution < 1.29 is 9.72 Å². The Kier molecular flexibility index (Phi) is 5.27. The summed E-state index contributed by atoms with van der Waals surface area (Å²) in [6, 6.07) is 11.3. The van der Waals surface area contributed by atoms with E-state index in [0.717, 1.165) is 0 Å². The number of nitro groups is 1. The second-order valence-corrected chi connectivity index (χ2v) is 5.93. The molecule has 0 aliphatic heterocycles. The summed E-state index contributed by atoms with van der Waals surface area (Å²) in [5, 5.41) is 13.5. The van der Waals surface area contributed by atoms with E-state index in [0.29, 0.717) is 20.5 Å². The molecule has 1 amide bonds. The number of rotatable bonds is 4. The first-order chi connectivity index (χ1) is 10.8. The number of carbonyl (C=O) groups excluding carboxylic acids is 1. The van der Waals surface area contributed by atoms with Crippen LogP contribution in [0.2, 0.25) is 0 Å². The average Bonchev–Trinajstić information content (AvgIpc) is 2.48. The monoisotopic (exact) mass is 424 g/mol. The molecule has 8 heteroatoms. The van der Waals surface area contributed by atoms with Crippen molar-refractivity contribution in [1.82, 2.24) is 0 Å². The topological polar surface area (TPSA) is 111 Å². The number of aliphatic imine (C=N–C) groups is 1. The standard InChI is InChI=1S/C15H13IN4O3/c1-9(21)18-12-2-4-13(5-3-12)19-15(17)10-6-11(16)8-14(7-10)20(22)23/h2-8H,1H3,(H2,17,19)(H,18,21). The lowest BCUT2D eigenvalue weighted by atomic mass is 10.2. The van der Waals surface area contributed by atoms with Crippen molar-refractivity contribution in [2.75, 3.05) is 5.32 Å². The van der Waals surface area contributed by atoms with Crippen LogP contribution in [0.3, 0.4) is 0 Å².